The van der Waals surface area contributed by atoms with Crippen LogP contribution >= 0.6 is 0 Å². The van der Waals surface area contributed by atoms with E-state index in [1.54, 1.807) is 0 Å². The molecule has 0 radical (unpaired) electrons. The summed E-state index contributed by atoms with van der Waals surface area (Å²) >= 11 is 0. The number of nitrogens with two attached hydrogens (primary N) is 1. The van der Waals surface area contributed by atoms with Gasteiger partial charge in [0.05, 0.1) is 5.69 Å². The first-order valence-corrected chi connectivity index (χ1v) is 6.81. The minimum Gasteiger partial charge on any atom is -0.384 e. The van der Waals surface area contributed by atoms with Crippen molar-refractivity contribution in [3.63, 3.8) is 0 Å². The van der Waals surface area contributed by atoms with Gasteiger partial charge in [0.15, 0.2) is 0 Å². The largest absolute Gasteiger partial charge is 0.384 e. The lowest BCUT2D eigenvalue weighted by Gasteiger charge is -2.18. The lowest BCUT2D eigenvalue weighted by Crippen LogP contribution is -2.18. The number of nitrogens with zero attached hydrogens (tertiary/aromatic N) is 2. The molecule has 1 heterocycles. The maximum absolute atomic E-state index is 5.92. The van der Waals surface area contributed by atoms with Gasteiger partial charge in [-0.2, -0.15) is 0 Å². The third-order valence-electron chi connectivity index (χ3n) is 3.29. The minimum absolute atomic E-state index is 0.0601. The quantitative estimate of drug-likeness (QED) is 0.820. The predicted octanol–water partition coefficient (Wildman–Crippen LogP) is 3.70. The summed E-state index contributed by atoms with van der Waals surface area (Å²) in [5, 5.41) is 0. The second-order valence-corrected chi connectivity index (χ2v) is 6.08. The Balaban J connectivity index is 2.38. The summed E-state index contributed by atoms with van der Waals surface area (Å²) in [6.07, 6.45) is 8.44. The molecule has 2 N–H and O–H groups in total. The lowest BCUT2D eigenvalue weighted by molar-refractivity contribution is 0.545. The highest BCUT2D eigenvalue weighted by Crippen LogP contribution is 2.27. The molecule has 3 heteroatoms. The van der Waals surface area contributed by atoms with E-state index in [-0.39, 0.29) is 5.41 Å². The molecule has 1 aliphatic rings. The maximum Gasteiger partial charge on any atom is 0.136 e. The van der Waals surface area contributed by atoms with E-state index in [0.717, 1.165) is 24.4 Å². The molecule has 2 rings (SSSR count). The van der Waals surface area contributed by atoms with E-state index in [2.05, 4.69) is 31.8 Å². The second kappa shape index (κ2) is 5.09. The zero-order valence-corrected chi connectivity index (χ0v) is 11.7. The van der Waals surface area contributed by atoms with E-state index in [4.69, 9.17) is 10.7 Å². The summed E-state index contributed by atoms with van der Waals surface area (Å²) < 4.78 is 0. The molecule has 1 aromatic heterocycles. The van der Waals surface area contributed by atoms with Crippen LogP contribution in [0.5, 0.6) is 0 Å². The molecule has 98 valence electrons. The fraction of sp³-hybridized carbons (Fsp3) is 0.600. The van der Waals surface area contributed by atoms with Crippen LogP contribution in [0.2, 0.25) is 0 Å². The third-order valence-corrected chi connectivity index (χ3v) is 3.29. The Kier molecular flexibility index (Phi) is 3.69. The molecule has 0 atom stereocenters. The van der Waals surface area contributed by atoms with Gasteiger partial charge in [-0.15, -0.1) is 0 Å². The van der Waals surface area contributed by atoms with E-state index in [9.17, 15) is 0 Å². The Labute approximate surface area is 110 Å². The van der Waals surface area contributed by atoms with Crippen molar-refractivity contribution in [1.29, 1.82) is 0 Å². The molecule has 0 bridgehead atoms. The van der Waals surface area contributed by atoms with Gasteiger partial charge in [0.25, 0.3) is 0 Å². The van der Waals surface area contributed by atoms with Crippen molar-refractivity contribution in [1.82, 2.24) is 9.97 Å². The van der Waals surface area contributed by atoms with Gasteiger partial charge in [-0.3, -0.25) is 0 Å². The van der Waals surface area contributed by atoms with Crippen molar-refractivity contribution in [2.45, 2.75) is 58.3 Å². The van der Waals surface area contributed by atoms with Crippen LogP contribution in [0.1, 0.15) is 64.4 Å². The second-order valence-electron chi connectivity index (χ2n) is 6.08. The summed E-state index contributed by atoms with van der Waals surface area (Å²) in [5.74, 6) is 1.41. The normalized spacial score (nSPS) is 17.2. The molecule has 0 unspecified atom stereocenters. The number of anilines is 1. The molecule has 0 aromatic carbocycles. The smallest absolute Gasteiger partial charge is 0.136 e. The third kappa shape index (κ3) is 3.09. The van der Waals surface area contributed by atoms with Gasteiger partial charge in [0, 0.05) is 11.5 Å². The molecular formula is C15H23N3. The Morgan fingerprint density at radius 3 is 2.61 bits per heavy atom. The summed E-state index contributed by atoms with van der Waals surface area (Å²) in [6, 6.07) is 1.91. The average molecular weight is 245 g/mol. The van der Waals surface area contributed by atoms with E-state index >= 15 is 0 Å². The molecule has 0 fully saturated rings. The molecule has 0 aliphatic heterocycles. The lowest BCUT2D eigenvalue weighted by atomic mass is 9.95. The Morgan fingerprint density at radius 2 is 1.89 bits per heavy atom. The number of hydrogen-bond acceptors (Lipinski definition) is 3. The molecule has 0 saturated heterocycles. The molecule has 3 nitrogen and oxygen atoms in total. The monoisotopic (exact) mass is 245 g/mol. The van der Waals surface area contributed by atoms with E-state index in [1.165, 1.54) is 24.8 Å². The first kappa shape index (κ1) is 13.1. The van der Waals surface area contributed by atoms with Gasteiger partial charge in [-0.1, -0.05) is 33.3 Å². The zero-order valence-electron chi connectivity index (χ0n) is 11.7. The number of nitrogen functional groups attached to an aromatic ring is 1. The number of aromatic nitrogens is 2. The van der Waals surface area contributed by atoms with Gasteiger partial charge >= 0.3 is 0 Å². The highest BCUT2D eigenvalue weighted by molar-refractivity contribution is 5.64. The van der Waals surface area contributed by atoms with Crippen molar-refractivity contribution < 1.29 is 0 Å². The topological polar surface area (TPSA) is 51.8 Å². The predicted molar refractivity (Wildman–Crippen MR) is 76.2 cm³/mol. The molecule has 1 aliphatic carbocycles. The van der Waals surface area contributed by atoms with Gasteiger partial charge in [-0.05, 0) is 31.3 Å². The molecular weight excluding hydrogens is 222 g/mol. The summed E-state index contributed by atoms with van der Waals surface area (Å²) in [6.45, 7) is 6.35. The van der Waals surface area contributed by atoms with E-state index < -0.39 is 0 Å². The summed E-state index contributed by atoms with van der Waals surface area (Å²) in [5.41, 5.74) is 8.23. The molecule has 1 aromatic rings. The van der Waals surface area contributed by atoms with Crippen LogP contribution in [0, 0.1) is 0 Å². The summed E-state index contributed by atoms with van der Waals surface area (Å²) in [7, 11) is 0. The van der Waals surface area contributed by atoms with E-state index in [1.807, 2.05) is 6.07 Å². The van der Waals surface area contributed by atoms with Gasteiger partial charge in [0.1, 0.15) is 11.6 Å². The first-order chi connectivity index (χ1) is 8.47. The fourth-order valence-corrected chi connectivity index (χ4v) is 2.21. The average Bonchev–Trinajstić information content (AvgIpc) is 2.55. The minimum atomic E-state index is -0.0601. The van der Waals surface area contributed by atoms with Gasteiger partial charge in [0.2, 0.25) is 0 Å². The van der Waals surface area contributed by atoms with Gasteiger partial charge in [-0.25, -0.2) is 9.97 Å². The van der Waals surface area contributed by atoms with Crippen molar-refractivity contribution in [2.75, 3.05) is 5.73 Å². The molecule has 0 amide bonds. The maximum atomic E-state index is 5.92. The highest BCUT2D eigenvalue weighted by Gasteiger charge is 2.19. The van der Waals surface area contributed by atoms with E-state index in [0.29, 0.717) is 5.82 Å². The molecule has 0 spiro atoms. The van der Waals surface area contributed by atoms with Crippen LogP contribution < -0.4 is 5.73 Å². The van der Waals surface area contributed by atoms with Crippen LogP contribution in [-0.4, -0.2) is 9.97 Å². The first-order valence-electron chi connectivity index (χ1n) is 6.81. The zero-order chi connectivity index (χ0) is 13.2. The number of allylic oxidation sites excluding steroid dienone is 2. The van der Waals surface area contributed by atoms with Crippen molar-refractivity contribution >= 4 is 11.4 Å². The number of rotatable bonds is 1. The highest BCUT2D eigenvalue weighted by atomic mass is 15.0. The Hall–Kier alpha value is -1.38. The van der Waals surface area contributed by atoms with Crippen molar-refractivity contribution in [3.05, 3.63) is 23.7 Å². The van der Waals surface area contributed by atoms with Crippen molar-refractivity contribution in [2.24, 2.45) is 0 Å². The Morgan fingerprint density at radius 1 is 1.11 bits per heavy atom. The fourth-order valence-electron chi connectivity index (χ4n) is 2.21. The van der Waals surface area contributed by atoms with Crippen LogP contribution in [0.25, 0.3) is 5.57 Å². The molecule has 0 saturated carbocycles. The van der Waals surface area contributed by atoms with Crippen LogP contribution in [-0.2, 0) is 5.41 Å². The number of hydrogen-bond donors (Lipinski definition) is 1. The molecule has 18 heavy (non-hydrogen) atoms. The van der Waals surface area contributed by atoms with Crippen LogP contribution in [0.15, 0.2) is 12.1 Å². The van der Waals surface area contributed by atoms with Crippen molar-refractivity contribution in [3.8, 4) is 0 Å². The van der Waals surface area contributed by atoms with Crippen LogP contribution in [0.4, 0.5) is 5.82 Å². The Bertz CT molecular complexity index is 455. The standard InChI is InChI=1S/C15H23N3/c1-15(2,3)14-17-12(10-13(16)18-14)11-8-6-4-5-7-9-11/h8,10H,4-7,9H2,1-3H3,(H2,16,17,18). The summed E-state index contributed by atoms with van der Waals surface area (Å²) in [4.78, 5) is 9.07. The SMILES string of the molecule is CC(C)(C)c1nc(N)cc(C2=CCCCCC2)n1. The van der Waals surface area contributed by atoms with Crippen LogP contribution in [0.3, 0.4) is 0 Å². The van der Waals surface area contributed by atoms with Gasteiger partial charge < -0.3 is 5.73 Å².